The van der Waals surface area contributed by atoms with Crippen molar-refractivity contribution in [1.29, 1.82) is 0 Å². The molecule has 2 N–H and O–H groups in total. The van der Waals surface area contributed by atoms with Gasteiger partial charge >= 0.3 is 0 Å². The summed E-state index contributed by atoms with van der Waals surface area (Å²) in [4.78, 5) is 13.0. The summed E-state index contributed by atoms with van der Waals surface area (Å²) >= 11 is 0. The van der Waals surface area contributed by atoms with Crippen LogP contribution in [0.5, 0.6) is 5.75 Å². The topological polar surface area (TPSA) is 84.5 Å². The molecule has 3 atom stereocenters. The van der Waals surface area contributed by atoms with Gasteiger partial charge in [0.2, 0.25) is 15.9 Å². The maximum absolute atomic E-state index is 13.0. The predicted octanol–water partition coefficient (Wildman–Crippen LogP) is 3.00. The molecule has 0 spiro atoms. The molecular weight excluding hydrogens is 376 g/mol. The third-order valence-electron chi connectivity index (χ3n) is 6.03. The van der Waals surface area contributed by atoms with E-state index in [0.717, 1.165) is 12.8 Å². The monoisotopic (exact) mass is 406 g/mol. The first-order valence-electron chi connectivity index (χ1n) is 9.75. The fourth-order valence-electron chi connectivity index (χ4n) is 4.26. The number of amides is 1. The second kappa shape index (κ2) is 7.52. The summed E-state index contributed by atoms with van der Waals surface area (Å²) in [5.41, 5.74) is 1.73. The summed E-state index contributed by atoms with van der Waals surface area (Å²) in [5.74, 6) is 0.761. The molecule has 0 bridgehead atoms. The van der Waals surface area contributed by atoms with Gasteiger partial charge in [-0.15, -0.1) is 0 Å². The number of rotatable bonds is 6. The molecule has 28 heavy (non-hydrogen) atoms. The van der Waals surface area contributed by atoms with E-state index in [-0.39, 0.29) is 16.8 Å². The Bertz CT molecular complexity index is 905. The van der Waals surface area contributed by atoms with Crippen LogP contribution in [0, 0.1) is 11.8 Å². The number of nitrogens with one attached hydrogen (secondary N) is 2. The highest BCUT2D eigenvalue weighted by Crippen LogP contribution is 2.45. The van der Waals surface area contributed by atoms with E-state index >= 15 is 0 Å². The zero-order valence-electron chi connectivity index (χ0n) is 17.2. The van der Waals surface area contributed by atoms with Crippen molar-refractivity contribution >= 4 is 15.9 Å². The fourth-order valence-corrected chi connectivity index (χ4v) is 5.67. The van der Waals surface area contributed by atoms with Crippen LogP contribution in [-0.2, 0) is 14.8 Å². The van der Waals surface area contributed by atoms with Crippen molar-refractivity contribution in [3.63, 3.8) is 0 Å². The first kappa shape index (κ1) is 20.9. The summed E-state index contributed by atoms with van der Waals surface area (Å²) in [5, 5.41) is 3.12. The van der Waals surface area contributed by atoms with Gasteiger partial charge in [0, 0.05) is 12.1 Å². The molecule has 6 nitrogen and oxygen atoms in total. The minimum atomic E-state index is -3.87. The lowest BCUT2D eigenvalue weighted by Crippen LogP contribution is -2.59. The fraction of sp³-hybridized carbons (Fsp3) is 0.571. The van der Waals surface area contributed by atoms with Gasteiger partial charge in [0.1, 0.15) is 11.3 Å². The maximum atomic E-state index is 13.0. The average molecular weight is 407 g/mol. The predicted molar refractivity (Wildman–Crippen MR) is 109 cm³/mol. The number of ether oxygens (including phenoxy) is 1. The molecule has 1 aromatic rings. The molecule has 0 fully saturated rings. The lowest BCUT2D eigenvalue weighted by Gasteiger charge is -2.44. The average Bonchev–Trinajstić information content (AvgIpc) is 2.60. The van der Waals surface area contributed by atoms with Crippen molar-refractivity contribution < 1.29 is 17.9 Å². The second-order valence-corrected chi connectivity index (χ2v) is 10.2. The molecule has 3 rings (SSSR count). The van der Waals surface area contributed by atoms with Crippen LogP contribution < -0.4 is 14.8 Å². The summed E-state index contributed by atoms with van der Waals surface area (Å²) in [7, 11) is -2.39. The SMILES string of the molecule is COc1cccc(S(=O)(=O)NC(C)(C)C(=O)NC2C(C)CC3=C(CC3)C2C)c1. The Morgan fingerprint density at radius 1 is 1.21 bits per heavy atom. The molecule has 0 aromatic heterocycles. The maximum Gasteiger partial charge on any atom is 0.241 e. The lowest BCUT2D eigenvalue weighted by molar-refractivity contribution is -0.127. The second-order valence-electron chi connectivity index (χ2n) is 8.51. The van der Waals surface area contributed by atoms with Gasteiger partial charge in [-0.3, -0.25) is 4.79 Å². The normalized spacial score (nSPS) is 25.0. The quantitative estimate of drug-likeness (QED) is 0.711. The molecule has 154 valence electrons. The van der Waals surface area contributed by atoms with Crippen molar-refractivity contribution in [3.05, 3.63) is 35.4 Å². The van der Waals surface area contributed by atoms with E-state index in [2.05, 4.69) is 23.9 Å². The summed E-state index contributed by atoms with van der Waals surface area (Å²) < 4.78 is 33.2. The molecule has 0 saturated carbocycles. The van der Waals surface area contributed by atoms with Crippen LogP contribution >= 0.6 is 0 Å². The molecule has 0 saturated heterocycles. The summed E-state index contributed by atoms with van der Waals surface area (Å²) in [6, 6.07) is 6.22. The van der Waals surface area contributed by atoms with Crippen LogP contribution in [0.15, 0.2) is 40.3 Å². The van der Waals surface area contributed by atoms with Crippen LogP contribution in [-0.4, -0.2) is 33.0 Å². The first-order valence-corrected chi connectivity index (χ1v) is 11.2. The Kier molecular flexibility index (Phi) is 5.60. The smallest absolute Gasteiger partial charge is 0.241 e. The van der Waals surface area contributed by atoms with Crippen LogP contribution in [0.4, 0.5) is 0 Å². The zero-order chi connectivity index (χ0) is 20.7. The molecule has 2 aliphatic carbocycles. The van der Waals surface area contributed by atoms with Crippen LogP contribution in [0.25, 0.3) is 0 Å². The lowest BCUT2D eigenvalue weighted by atomic mass is 9.66. The highest BCUT2D eigenvalue weighted by Gasteiger charge is 2.41. The van der Waals surface area contributed by atoms with Gasteiger partial charge < -0.3 is 10.1 Å². The van der Waals surface area contributed by atoms with Crippen LogP contribution in [0.3, 0.4) is 0 Å². The Balaban J connectivity index is 1.74. The minimum absolute atomic E-state index is 0.0205. The number of carbonyl (C=O) groups is 1. The van der Waals surface area contributed by atoms with E-state index in [4.69, 9.17) is 4.74 Å². The van der Waals surface area contributed by atoms with E-state index in [0.29, 0.717) is 17.6 Å². The Labute approximate surface area is 167 Å². The zero-order valence-corrected chi connectivity index (χ0v) is 18.0. The largest absolute Gasteiger partial charge is 0.497 e. The molecule has 7 heteroatoms. The van der Waals surface area contributed by atoms with Gasteiger partial charge in [-0.1, -0.05) is 31.1 Å². The number of sulfonamides is 1. The number of hydrogen-bond acceptors (Lipinski definition) is 4. The molecule has 3 unspecified atom stereocenters. The van der Waals surface area contributed by atoms with Crippen molar-refractivity contribution in [2.45, 2.75) is 63.4 Å². The summed E-state index contributed by atoms with van der Waals surface area (Å²) in [6.07, 6.45) is 3.30. The number of hydrogen-bond donors (Lipinski definition) is 2. The summed E-state index contributed by atoms with van der Waals surface area (Å²) in [6.45, 7) is 7.48. The Morgan fingerprint density at radius 3 is 2.54 bits per heavy atom. The minimum Gasteiger partial charge on any atom is -0.497 e. The number of benzene rings is 1. The highest BCUT2D eigenvalue weighted by molar-refractivity contribution is 7.89. The van der Waals surface area contributed by atoms with Crippen LogP contribution in [0.2, 0.25) is 0 Å². The molecule has 0 radical (unpaired) electrons. The van der Waals surface area contributed by atoms with E-state index in [1.165, 1.54) is 31.2 Å². The Hall–Kier alpha value is -1.86. The van der Waals surface area contributed by atoms with E-state index in [1.807, 2.05) is 0 Å². The van der Waals surface area contributed by atoms with Crippen molar-refractivity contribution in [2.75, 3.05) is 7.11 Å². The van der Waals surface area contributed by atoms with Crippen molar-refractivity contribution in [1.82, 2.24) is 10.0 Å². The Morgan fingerprint density at radius 2 is 1.93 bits per heavy atom. The van der Waals surface area contributed by atoms with Gasteiger partial charge in [0.05, 0.1) is 12.0 Å². The van der Waals surface area contributed by atoms with E-state index in [9.17, 15) is 13.2 Å². The van der Waals surface area contributed by atoms with Crippen molar-refractivity contribution in [3.8, 4) is 5.75 Å². The van der Waals surface area contributed by atoms with Gasteiger partial charge in [-0.25, -0.2) is 8.42 Å². The molecule has 1 amide bonds. The molecule has 2 aliphatic rings. The highest BCUT2D eigenvalue weighted by atomic mass is 32.2. The van der Waals surface area contributed by atoms with Gasteiger partial charge in [0.25, 0.3) is 0 Å². The molecule has 1 aromatic carbocycles. The van der Waals surface area contributed by atoms with Crippen molar-refractivity contribution in [2.24, 2.45) is 11.8 Å². The first-order chi connectivity index (χ1) is 13.0. The number of carbonyl (C=O) groups excluding carboxylic acids is 1. The number of methoxy groups -OCH3 is 1. The molecule has 0 heterocycles. The van der Waals surface area contributed by atoms with E-state index < -0.39 is 15.6 Å². The third kappa shape index (κ3) is 3.96. The molecule has 0 aliphatic heterocycles. The number of allylic oxidation sites excluding steroid dienone is 1. The molecular formula is C21H30N2O4S. The van der Waals surface area contributed by atoms with Crippen LogP contribution in [0.1, 0.15) is 47.0 Å². The van der Waals surface area contributed by atoms with Gasteiger partial charge in [0.15, 0.2) is 0 Å². The van der Waals surface area contributed by atoms with E-state index in [1.54, 1.807) is 31.6 Å². The standard InChI is InChI=1S/C21H30N2O4S/c1-13-11-15-9-10-18(15)14(2)19(13)22-20(24)21(3,4)23-28(25,26)17-8-6-7-16(12-17)27-5/h6-8,12-14,19,23H,9-11H2,1-5H3,(H,22,24). The third-order valence-corrected chi connectivity index (χ3v) is 7.68. The van der Waals surface area contributed by atoms with Gasteiger partial charge in [-0.2, -0.15) is 4.72 Å². The van der Waals surface area contributed by atoms with Gasteiger partial charge in [-0.05, 0) is 57.1 Å².